The molecule has 0 aromatic heterocycles. The molecule has 1 N–H and O–H groups in total. The molecule has 0 aliphatic carbocycles. The van der Waals surface area contributed by atoms with Gasteiger partial charge in [-0.2, -0.15) is 0 Å². The summed E-state index contributed by atoms with van der Waals surface area (Å²) < 4.78 is 0.991. The predicted molar refractivity (Wildman–Crippen MR) is 64.2 cm³/mol. The molecule has 0 unspecified atom stereocenters. The minimum Gasteiger partial charge on any atom is -0.346 e. The number of benzene rings is 1. The summed E-state index contributed by atoms with van der Waals surface area (Å²) in [6, 6.07) is 5.60. The maximum atomic E-state index is 11.6. The Labute approximate surface area is 102 Å². The van der Waals surface area contributed by atoms with E-state index in [-0.39, 0.29) is 0 Å². The topological polar surface area (TPSA) is 49.4 Å². The van der Waals surface area contributed by atoms with Crippen LogP contribution < -0.4 is 10.2 Å². The molecule has 1 heterocycles. The van der Waals surface area contributed by atoms with Crippen molar-refractivity contribution in [3.8, 4) is 0 Å². The zero-order chi connectivity index (χ0) is 11.7. The van der Waals surface area contributed by atoms with E-state index >= 15 is 0 Å². The van der Waals surface area contributed by atoms with Gasteiger partial charge in [0.1, 0.15) is 0 Å². The third-order valence-corrected chi connectivity index (χ3v) is 3.40. The molecule has 1 aliphatic rings. The first-order valence-electron chi connectivity index (χ1n) is 4.95. The average molecular weight is 283 g/mol. The van der Waals surface area contributed by atoms with Crippen LogP contribution >= 0.6 is 15.9 Å². The van der Waals surface area contributed by atoms with Crippen LogP contribution in [0, 0.1) is 6.92 Å². The molecule has 0 spiro atoms. The number of nitrogens with zero attached hydrogens (tertiary/aromatic N) is 1. The van der Waals surface area contributed by atoms with Gasteiger partial charge >= 0.3 is 11.8 Å². The molecule has 2 amide bonds. The molecule has 1 aromatic carbocycles. The summed E-state index contributed by atoms with van der Waals surface area (Å²) in [5.41, 5.74) is 1.80. The van der Waals surface area contributed by atoms with Crippen molar-refractivity contribution in [1.82, 2.24) is 5.32 Å². The van der Waals surface area contributed by atoms with E-state index in [1.54, 1.807) is 0 Å². The minimum absolute atomic E-state index is 0.493. The second kappa shape index (κ2) is 4.25. The van der Waals surface area contributed by atoms with Crippen molar-refractivity contribution in [2.24, 2.45) is 0 Å². The molecule has 2 rings (SSSR count). The number of amides is 2. The smallest absolute Gasteiger partial charge is 0.316 e. The Kier molecular flexibility index (Phi) is 2.96. The highest BCUT2D eigenvalue weighted by atomic mass is 79.9. The standard InChI is InChI=1S/C11H11BrN2O2/c1-7-6-8(2-3-9(7)12)14-5-4-13-10(15)11(14)16/h2-3,6H,4-5H2,1H3,(H,13,15). The van der Waals surface area contributed by atoms with E-state index in [0.29, 0.717) is 13.1 Å². The first-order chi connectivity index (χ1) is 7.59. The molecule has 1 fully saturated rings. The summed E-state index contributed by atoms with van der Waals surface area (Å²) in [5, 5.41) is 2.52. The third-order valence-electron chi connectivity index (χ3n) is 2.51. The van der Waals surface area contributed by atoms with Crippen LogP contribution in [0.5, 0.6) is 0 Å². The van der Waals surface area contributed by atoms with Crippen molar-refractivity contribution in [3.05, 3.63) is 28.2 Å². The molecule has 0 radical (unpaired) electrons. The summed E-state index contributed by atoms with van der Waals surface area (Å²) in [7, 11) is 0. The lowest BCUT2D eigenvalue weighted by molar-refractivity contribution is -0.138. The van der Waals surface area contributed by atoms with Crippen molar-refractivity contribution < 1.29 is 9.59 Å². The van der Waals surface area contributed by atoms with E-state index in [4.69, 9.17) is 0 Å². The van der Waals surface area contributed by atoms with Gasteiger partial charge in [-0.25, -0.2) is 0 Å². The molecule has 16 heavy (non-hydrogen) atoms. The SMILES string of the molecule is Cc1cc(N2CCNC(=O)C2=O)ccc1Br. The molecule has 4 nitrogen and oxygen atoms in total. The molecule has 84 valence electrons. The second-order valence-electron chi connectivity index (χ2n) is 3.65. The number of rotatable bonds is 1. The van der Waals surface area contributed by atoms with Crippen LogP contribution in [-0.2, 0) is 9.59 Å². The molecule has 1 aliphatic heterocycles. The molecule has 0 bridgehead atoms. The number of aryl methyl sites for hydroxylation is 1. The number of carbonyl (C=O) groups is 2. The second-order valence-corrected chi connectivity index (χ2v) is 4.50. The number of hydrogen-bond acceptors (Lipinski definition) is 2. The highest BCUT2D eigenvalue weighted by Crippen LogP contribution is 2.23. The van der Waals surface area contributed by atoms with Crippen molar-refractivity contribution in [3.63, 3.8) is 0 Å². The molecular weight excluding hydrogens is 272 g/mol. The molecule has 0 atom stereocenters. The zero-order valence-corrected chi connectivity index (χ0v) is 10.4. The number of anilines is 1. The predicted octanol–water partition coefficient (Wildman–Crippen LogP) is 1.22. The number of piperazine rings is 1. The number of nitrogens with one attached hydrogen (secondary N) is 1. The van der Waals surface area contributed by atoms with Crippen molar-refractivity contribution in [2.75, 3.05) is 18.0 Å². The maximum absolute atomic E-state index is 11.6. The number of carbonyl (C=O) groups excluding carboxylic acids is 2. The highest BCUT2D eigenvalue weighted by molar-refractivity contribution is 9.10. The van der Waals surface area contributed by atoms with Crippen LogP contribution in [0.4, 0.5) is 5.69 Å². The Bertz CT molecular complexity index is 459. The van der Waals surface area contributed by atoms with E-state index in [0.717, 1.165) is 15.7 Å². The molecule has 1 saturated heterocycles. The Balaban J connectivity index is 2.32. The van der Waals surface area contributed by atoms with E-state index in [1.807, 2.05) is 25.1 Å². The van der Waals surface area contributed by atoms with Gasteiger partial charge in [0.25, 0.3) is 0 Å². The Hall–Kier alpha value is -1.36. The summed E-state index contributed by atoms with van der Waals surface area (Å²) in [4.78, 5) is 24.3. The lowest BCUT2D eigenvalue weighted by atomic mass is 10.2. The normalized spacial score (nSPS) is 16.2. The highest BCUT2D eigenvalue weighted by Gasteiger charge is 2.27. The minimum atomic E-state index is -0.535. The monoisotopic (exact) mass is 282 g/mol. The number of halogens is 1. The van der Waals surface area contributed by atoms with Crippen LogP contribution in [0.15, 0.2) is 22.7 Å². The summed E-state index contributed by atoms with van der Waals surface area (Å²) in [6.45, 7) is 2.97. The van der Waals surface area contributed by atoms with Crippen LogP contribution in [-0.4, -0.2) is 24.9 Å². The van der Waals surface area contributed by atoms with Gasteiger partial charge in [0.2, 0.25) is 0 Å². The Morgan fingerprint density at radius 2 is 2.12 bits per heavy atom. The van der Waals surface area contributed by atoms with Crippen molar-refractivity contribution in [1.29, 1.82) is 0 Å². The number of hydrogen-bond donors (Lipinski definition) is 1. The summed E-state index contributed by atoms with van der Waals surface area (Å²) in [5.74, 6) is -1.03. The fraction of sp³-hybridized carbons (Fsp3) is 0.273. The summed E-state index contributed by atoms with van der Waals surface area (Å²) >= 11 is 3.40. The first kappa shape index (κ1) is 11.1. The van der Waals surface area contributed by atoms with Crippen LogP contribution in [0.2, 0.25) is 0 Å². The van der Waals surface area contributed by atoms with E-state index in [2.05, 4.69) is 21.2 Å². The van der Waals surface area contributed by atoms with Crippen molar-refractivity contribution >= 4 is 33.4 Å². The third kappa shape index (κ3) is 1.95. The fourth-order valence-corrected chi connectivity index (χ4v) is 1.87. The largest absolute Gasteiger partial charge is 0.346 e. The molecule has 0 saturated carbocycles. The van der Waals surface area contributed by atoms with Crippen LogP contribution in [0.25, 0.3) is 0 Å². The fourth-order valence-electron chi connectivity index (χ4n) is 1.62. The van der Waals surface area contributed by atoms with Crippen LogP contribution in [0.3, 0.4) is 0 Å². The van der Waals surface area contributed by atoms with E-state index < -0.39 is 11.8 Å². The van der Waals surface area contributed by atoms with Crippen molar-refractivity contribution in [2.45, 2.75) is 6.92 Å². The van der Waals surface area contributed by atoms with Gasteiger partial charge in [-0.1, -0.05) is 15.9 Å². The van der Waals surface area contributed by atoms with Crippen LogP contribution in [0.1, 0.15) is 5.56 Å². The maximum Gasteiger partial charge on any atom is 0.316 e. The first-order valence-corrected chi connectivity index (χ1v) is 5.75. The van der Waals surface area contributed by atoms with Gasteiger partial charge in [0, 0.05) is 23.2 Å². The molecule has 5 heteroatoms. The van der Waals surface area contributed by atoms with Gasteiger partial charge in [-0.05, 0) is 30.7 Å². The quantitative estimate of drug-likeness (QED) is 0.788. The van der Waals surface area contributed by atoms with E-state index in [1.165, 1.54) is 4.90 Å². The lowest BCUT2D eigenvalue weighted by Gasteiger charge is -2.26. The zero-order valence-electron chi connectivity index (χ0n) is 8.79. The lowest BCUT2D eigenvalue weighted by Crippen LogP contribution is -2.52. The van der Waals surface area contributed by atoms with Gasteiger partial charge in [-0.3, -0.25) is 9.59 Å². The van der Waals surface area contributed by atoms with E-state index in [9.17, 15) is 9.59 Å². The molecule has 1 aromatic rings. The summed E-state index contributed by atoms with van der Waals surface area (Å²) in [6.07, 6.45) is 0. The Morgan fingerprint density at radius 1 is 1.38 bits per heavy atom. The van der Waals surface area contributed by atoms with Gasteiger partial charge in [-0.15, -0.1) is 0 Å². The molecular formula is C11H11BrN2O2. The van der Waals surface area contributed by atoms with Gasteiger partial charge in [0.15, 0.2) is 0 Å². The average Bonchev–Trinajstić information content (AvgIpc) is 2.26. The Morgan fingerprint density at radius 3 is 2.81 bits per heavy atom. The van der Waals surface area contributed by atoms with Gasteiger partial charge in [0.05, 0.1) is 0 Å². The van der Waals surface area contributed by atoms with Gasteiger partial charge < -0.3 is 10.2 Å².